The van der Waals surface area contributed by atoms with Crippen LogP contribution in [-0.4, -0.2) is 9.97 Å². The smallest absolute Gasteiger partial charge is 0.239 e. The van der Waals surface area contributed by atoms with Crippen molar-refractivity contribution in [3.05, 3.63) is 47.4 Å². The van der Waals surface area contributed by atoms with Gasteiger partial charge in [0, 0.05) is 6.07 Å². The fraction of sp³-hybridized carbons (Fsp3) is 0. The first kappa shape index (κ1) is 10.8. The molecule has 2 rings (SSSR count). The van der Waals surface area contributed by atoms with Crippen molar-refractivity contribution >= 4 is 11.6 Å². The average molecular weight is 243 g/mol. The van der Waals surface area contributed by atoms with Crippen molar-refractivity contribution in [1.82, 2.24) is 9.97 Å². The van der Waals surface area contributed by atoms with Gasteiger partial charge in [-0.15, -0.1) is 0 Å². The summed E-state index contributed by atoms with van der Waals surface area (Å²) in [6.45, 7) is 0. The highest BCUT2D eigenvalue weighted by molar-refractivity contribution is 6.29. The molecule has 0 aliphatic heterocycles. The lowest BCUT2D eigenvalue weighted by Gasteiger charge is -2.04. The van der Waals surface area contributed by atoms with Crippen LogP contribution in [0.1, 0.15) is 0 Å². The molecule has 0 atom stereocenters. The van der Waals surface area contributed by atoms with Gasteiger partial charge in [-0.05, 0) is 12.1 Å². The molecule has 2 aromatic rings. The monoisotopic (exact) mass is 242 g/mol. The Kier molecular flexibility index (Phi) is 2.96. The van der Waals surface area contributed by atoms with Gasteiger partial charge in [0.25, 0.3) is 0 Å². The van der Waals surface area contributed by atoms with E-state index in [9.17, 15) is 8.78 Å². The molecule has 16 heavy (non-hydrogen) atoms. The molecule has 0 aliphatic rings. The molecule has 0 spiro atoms. The lowest BCUT2D eigenvalue weighted by Crippen LogP contribution is -1.92. The van der Waals surface area contributed by atoms with Crippen LogP contribution in [0, 0.1) is 11.6 Å². The molecule has 1 heterocycles. The average Bonchev–Trinajstić information content (AvgIpc) is 2.22. The minimum absolute atomic E-state index is 0.0398. The van der Waals surface area contributed by atoms with Gasteiger partial charge < -0.3 is 4.74 Å². The Morgan fingerprint density at radius 3 is 2.69 bits per heavy atom. The van der Waals surface area contributed by atoms with Crippen LogP contribution in [0.3, 0.4) is 0 Å². The first-order chi connectivity index (χ1) is 7.65. The number of halogens is 3. The molecule has 1 aromatic carbocycles. The lowest BCUT2D eigenvalue weighted by molar-refractivity contribution is 0.422. The van der Waals surface area contributed by atoms with Crippen molar-refractivity contribution in [2.24, 2.45) is 0 Å². The standard InChI is InChI=1S/C10H5ClF2N2O/c11-9-4-14-5-10(15-9)16-8-2-1-6(12)3-7(8)13/h1-5H. The maximum absolute atomic E-state index is 13.2. The molecule has 0 radical (unpaired) electrons. The van der Waals surface area contributed by atoms with Crippen LogP contribution >= 0.6 is 11.6 Å². The van der Waals surface area contributed by atoms with Crippen molar-refractivity contribution in [1.29, 1.82) is 0 Å². The van der Waals surface area contributed by atoms with Crippen LogP contribution in [0.4, 0.5) is 8.78 Å². The van der Waals surface area contributed by atoms with Crippen molar-refractivity contribution in [3.8, 4) is 11.6 Å². The van der Waals surface area contributed by atoms with E-state index in [0.29, 0.717) is 6.07 Å². The number of rotatable bonds is 2. The summed E-state index contributed by atoms with van der Waals surface area (Å²) in [5.74, 6) is -1.60. The normalized spacial score (nSPS) is 10.2. The van der Waals surface area contributed by atoms with Crippen molar-refractivity contribution in [2.75, 3.05) is 0 Å². The molecule has 82 valence electrons. The van der Waals surface area contributed by atoms with Crippen LogP contribution in [0.5, 0.6) is 11.6 Å². The van der Waals surface area contributed by atoms with Gasteiger partial charge in [-0.3, -0.25) is 4.98 Å². The predicted molar refractivity (Wildman–Crippen MR) is 53.5 cm³/mol. The summed E-state index contributed by atoms with van der Waals surface area (Å²) in [5, 5.41) is 0.125. The first-order valence-electron chi connectivity index (χ1n) is 4.25. The van der Waals surface area contributed by atoms with E-state index < -0.39 is 11.6 Å². The number of hydrogen-bond acceptors (Lipinski definition) is 3. The van der Waals surface area contributed by atoms with Gasteiger partial charge >= 0.3 is 0 Å². The minimum Gasteiger partial charge on any atom is -0.434 e. The summed E-state index contributed by atoms with van der Waals surface area (Å²) in [4.78, 5) is 7.46. The van der Waals surface area contributed by atoms with E-state index in [4.69, 9.17) is 16.3 Å². The third-order valence-electron chi connectivity index (χ3n) is 1.69. The summed E-state index contributed by atoms with van der Waals surface area (Å²) in [6.07, 6.45) is 2.59. The SMILES string of the molecule is Fc1ccc(Oc2cncc(Cl)n2)c(F)c1. The summed E-state index contributed by atoms with van der Waals surface area (Å²) in [7, 11) is 0. The Balaban J connectivity index is 2.27. The molecule has 0 N–H and O–H groups in total. The van der Waals surface area contributed by atoms with E-state index in [-0.39, 0.29) is 16.8 Å². The summed E-state index contributed by atoms with van der Waals surface area (Å²) < 4.78 is 30.8. The Bertz CT molecular complexity index is 522. The number of nitrogens with zero attached hydrogens (tertiary/aromatic N) is 2. The molecule has 0 saturated heterocycles. The van der Waals surface area contributed by atoms with Crippen LogP contribution in [-0.2, 0) is 0 Å². The third-order valence-corrected chi connectivity index (χ3v) is 1.87. The maximum Gasteiger partial charge on any atom is 0.239 e. The largest absolute Gasteiger partial charge is 0.434 e. The van der Waals surface area contributed by atoms with Gasteiger partial charge in [0.1, 0.15) is 5.82 Å². The molecular formula is C10H5ClF2N2O. The van der Waals surface area contributed by atoms with E-state index >= 15 is 0 Å². The van der Waals surface area contributed by atoms with Crippen molar-refractivity contribution in [2.45, 2.75) is 0 Å². The summed E-state index contributed by atoms with van der Waals surface area (Å²) >= 11 is 5.57. The lowest BCUT2D eigenvalue weighted by atomic mass is 10.3. The van der Waals surface area contributed by atoms with Crippen LogP contribution in [0.25, 0.3) is 0 Å². The van der Waals surface area contributed by atoms with Gasteiger partial charge in [-0.1, -0.05) is 11.6 Å². The topological polar surface area (TPSA) is 35.0 Å². The zero-order valence-electron chi connectivity index (χ0n) is 7.82. The number of ether oxygens (including phenoxy) is 1. The van der Waals surface area contributed by atoms with Gasteiger partial charge in [0.15, 0.2) is 16.7 Å². The van der Waals surface area contributed by atoms with E-state index in [1.54, 1.807) is 0 Å². The Labute approximate surface area is 94.7 Å². The maximum atomic E-state index is 13.2. The van der Waals surface area contributed by atoms with Gasteiger partial charge in [-0.25, -0.2) is 8.78 Å². The van der Waals surface area contributed by atoms with Crippen LogP contribution < -0.4 is 4.74 Å². The first-order valence-corrected chi connectivity index (χ1v) is 4.63. The van der Waals surface area contributed by atoms with Gasteiger partial charge in [0.2, 0.25) is 5.88 Å². The molecule has 0 fully saturated rings. The van der Waals surface area contributed by atoms with E-state index in [1.807, 2.05) is 0 Å². The van der Waals surface area contributed by atoms with Gasteiger partial charge in [-0.2, -0.15) is 4.98 Å². The van der Waals surface area contributed by atoms with E-state index in [1.165, 1.54) is 12.4 Å². The summed E-state index contributed by atoms with van der Waals surface area (Å²) in [5.41, 5.74) is 0. The molecular weight excluding hydrogens is 238 g/mol. The molecule has 0 bridgehead atoms. The second-order valence-electron chi connectivity index (χ2n) is 2.86. The van der Waals surface area contributed by atoms with E-state index in [2.05, 4.69) is 9.97 Å². The molecule has 0 unspecified atom stereocenters. The molecule has 0 amide bonds. The number of hydrogen-bond donors (Lipinski definition) is 0. The van der Waals surface area contributed by atoms with Crippen molar-refractivity contribution < 1.29 is 13.5 Å². The number of benzene rings is 1. The van der Waals surface area contributed by atoms with Crippen LogP contribution in [0.2, 0.25) is 5.15 Å². The second-order valence-corrected chi connectivity index (χ2v) is 3.24. The number of aromatic nitrogens is 2. The fourth-order valence-electron chi connectivity index (χ4n) is 1.05. The Hall–Kier alpha value is -1.75. The molecule has 3 nitrogen and oxygen atoms in total. The Morgan fingerprint density at radius 1 is 1.19 bits per heavy atom. The Morgan fingerprint density at radius 2 is 2.00 bits per heavy atom. The highest BCUT2D eigenvalue weighted by Gasteiger charge is 2.07. The van der Waals surface area contributed by atoms with Crippen LogP contribution in [0.15, 0.2) is 30.6 Å². The highest BCUT2D eigenvalue weighted by atomic mass is 35.5. The van der Waals surface area contributed by atoms with Crippen molar-refractivity contribution in [3.63, 3.8) is 0 Å². The zero-order chi connectivity index (χ0) is 11.5. The second kappa shape index (κ2) is 4.40. The highest BCUT2D eigenvalue weighted by Crippen LogP contribution is 2.23. The molecule has 6 heteroatoms. The zero-order valence-corrected chi connectivity index (χ0v) is 8.58. The fourth-order valence-corrected chi connectivity index (χ4v) is 1.18. The quantitative estimate of drug-likeness (QED) is 0.811. The molecule has 0 saturated carbocycles. The molecule has 1 aromatic heterocycles. The van der Waals surface area contributed by atoms with E-state index in [0.717, 1.165) is 12.1 Å². The minimum atomic E-state index is -0.818. The summed E-state index contributed by atoms with van der Waals surface area (Å²) in [6, 6.07) is 2.96. The predicted octanol–water partition coefficient (Wildman–Crippen LogP) is 3.20. The molecule has 0 aliphatic carbocycles. The third kappa shape index (κ3) is 2.43. The van der Waals surface area contributed by atoms with Gasteiger partial charge in [0.05, 0.1) is 12.4 Å².